The van der Waals surface area contributed by atoms with E-state index in [-0.39, 0.29) is 0 Å². The number of hydrogen-bond acceptors (Lipinski definition) is 7. The van der Waals surface area contributed by atoms with E-state index >= 15 is 0 Å². The summed E-state index contributed by atoms with van der Waals surface area (Å²) in [5.74, 6) is 0. The van der Waals surface area contributed by atoms with Gasteiger partial charge in [0, 0.05) is 78.8 Å². The number of fused-ring (bicyclic) bond motifs is 2. The van der Waals surface area contributed by atoms with Crippen molar-refractivity contribution in [2.24, 2.45) is 0 Å². The normalized spacial score (nSPS) is 11.6. The molecule has 4 rings (SSSR count). The molecule has 2 aromatic heterocycles. The fraction of sp³-hybridized carbons (Fsp3) is 0.379. The quantitative estimate of drug-likeness (QED) is 0.223. The van der Waals surface area contributed by atoms with E-state index in [1.807, 2.05) is 42.7 Å². The van der Waals surface area contributed by atoms with Crippen molar-refractivity contribution in [1.29, 1.82) is 0 Å². The van der Waals surface area contributed by atoms with Crippen molar-refractivity contribution >= 4 is 44.8 Å². The van der Waals surface area contributed by atoms with Crippen molar-refractivity contribution in [3.8, 4) is 0 Å². The van der Waals surface area contributed by atoms with E-state index in [1.54, 1.807) is 0 Å². The number of nitrogens with one attached hydrogen (secondary N) is 2. The van der Waals surface area contributed by atoms with Gasteiger partial charge in [-0.25, -0.2) is 0 Å². The SMILES string of the molecule is Cc1ccc2c(NCCOCCN(C)CCN(C)CCNc3ccnc4cc(Cl)ccc34)ccnc2c1. The second-order valence-electron chi connectivity index (χ2n) is 9.47. The van der Waals surface area contributed by atoms with Gasteiger partial charge < -0.3 is 25.2 Å². The predicted molar refractivity (Wildman–Crippen MR) is 156 cm³/mol. The summed E-state index contributed by atoms with van der Waals surface area (Å²) in [7, 11) is 4.30. The molecule has 0 bridgehead atoms. The number of nitrogens with zero attached hydrogens (tertiary/aromatic N) is 4. The van der Waals surface area contributed by atoms with Crippen LogP contribution in [0, 0.1) is 6.92 Å². The van der Waals surface area contributed by atoms with E-state index < -0.39 is 0 Å². The van der Waals surface area contributed by atoms with Gasteiger partial charge in [-0.2, -0.15) is 0 Å². The fourth-order valence-electron chi connectivity index (χ4n) is 4.21. The van der Waals surface area contributed by atoms with Crippen LogP contribution in [0.3, 0.4) is 0 Å². The zero-order valence-electron chi connectivity index (χ0n) is 22.0. The van der Waals surface area contributed by atoms with Crippen LogP contribution in [0.5, 0.6) is 0 Å². The molecule has 7 nitrogen and oxygen atoms in total. The summed E-state index contributed by atoms with van der Waals surface area (Å²) >= 11 is 6.09. The topological polar surface area (TPSA) is 65.6 Å². The monoisotopic (exact) mass is 520 g/mol. The first-order valence-electron chi connectivity index (χ1n) is 12.8. The lowest BCUT2D eigenvalue weighted by molar-refractivity contribution is 0.116. The molecule has 4 aromatic rings. The minimum Gasteiger partial charge on any atom is -0.383 e. The molecule has 37 heavy (non-hydrogen) atoms. The van der Waals surface area contributed by atoms with Crippen molar-refractivity contribution in [3.63, 3.8) is 0 Å². The van der Waals surface area contributed by atoms with Crippen LogP contribution in [0.4, 0.5) is 11.4 Å². The standard InChI is InChI=1S/C29H37ClN6O/c1-22-4-6-24-27(9-10-31-28(24)20-22)34-13-18-37-19-17-36(3)16-15-35(2)14-12-33-26-8-11-32-29-21-23(30)5-7-25(26)29/h4-11,20-21H,12-19H2,1-3H3,(H,31,34)(H,32,33). The first-order chi connectivity index (χ1) is 18.0. The summed E-state index contributed by atoms with van der Waals surface area (Å²) in [5.41, 5.74) is 5.34. The third-order valence-electron chi connectivity index (χ3n) is 6.45. The highest BCUT2D eigenvalue weighted by Gasteiger charge is 2.06. The molecular formula is C29H37ClN6O. The van der Waals surface area contributed by atoms with Crippen LogP contribution in [0.25, 0.3) is 21.8 Å². The number of hydrogen-bond donors (Lipinski definition) is 2. The molecule has 0 atom stereocenters. The Hall–Kier alpha value is -2.97. The minimum absolute atomic E-state index is 0.672. The Morgan fingerprint density at radius 3 is 2.08 bits per heavy atom. The smallest absolute Gasteiger partial charge is 0.0737 e. The molecule has 8 heteroatoms. The minimum atomic E-state index is 0.672. The predicted octanol–water partition coefficient (Wildman–Crippen LogP) is 5.15. The van der Waals surface area contributed by atoms with Gasteiger partial charge in [0.2, 0.25) is 0 Å². The molecular weight excluding hydrogens is 484 g/mol. The maximum absolute atomic E-state index is 6.09. The Morgan fingerprint density at radius 2 is 1.35 bits per heavy atom. The molecule has 0 aliphatic heterocycles. The maximum Gasteiger partial charge on any atom is 0.0737 e. The summed E-state index contributed by atoms with van der Waals surface area (Å²) in [4.78, 5) is 13.5. The first-order valence-corrected chi connectivity index (χ1v) is 13.2. The zero-order valence-corrected chi connectivity index (χ0v) is 22.8. The molecule has 0 unspecified atom stereocenters. The van der Waals surface area contributed by atoms with Crippen LogP contribution in [0.2, 0.25) is 5.02 Å². The van der Waals surface area contributed by atoms with E-state index in [2.05, 4.69) is 69.6 Å². The van der Waals surface area contributed by atoms with Crippen LogP contribution in [-0.2, 0) is 4.74 Å². The van der Waals surface area contributed by atoms with E-state index in [0.717, 1.165) is 79.1 Å². The van der Waals surface area contributed by atoms with Gasteiger partial charge in [-0.15, -0.1) is 0 Å². The Balaban J connectivity index is 1.07. The lowest BCUT2D eigenvalue weighted by Crippen LogP contribution is -2.35. The number of rotatable bonds is 14. The van der Waals surface area contributed by atoms with Crippen molar-refractivity contribution in [3.05, 3.63) is 71.5 Å². The number of ether oxygens (including phenoxy) is 1. The van der Waals surface area contributed by atoms with Gasteiger partial charge >= 0.3 is 0 Å². The number of aromatic nitrogens is 2. The van der Waals surface area contributed by atoms with Gasteiger partial charge in [0.1, 0.15) is 0 Å². The lowest BCUT2D eigenvalue weighted by atomic mass is 10.1. The Labute approximate surface area is 224 Å². The van der Waals surface area contributed by atoms with Gasteiger partial charge in [-0.05, 0) is 63.0 Å². The molecule has 196 valence electrons. The molecule has 0 radical (unpaired) electrons. The van der Waals surface area contributed by atoms with Crippen LogP contribution < -0.4 is 10.6 Å². The molecule has 0 amide bonds. The maximum atomic E-state index is 6.09. The summed E-state index contributed by atoms with van der Waals surface area (Å²) < 4.78 is 5.86. The third kappa shape index (κ3) is 8.01. The second kappa shape index (κ2) is 13.5. The average molecular weight is 521 g/mol. The Morgan fingerprint density at radius 1 is 0.730 bits per heavy atom. The van der Waals surface area contributed by atoms with E-state index in [1.165, 1.54) is 5.56 Å². The number of halogens is 1. The Bertz CT molecular complexity index is 1300. The highest BCUT2D eigenvalue weighted by Crippen LogP contribution is 2.24. The van der Waals surface area contributed by atoms with E-state index in [0.29, 0.717) is 11.6 Å². The van der Waals surface area contributed by atoms with Crippen LogP contribution in [0.15, 0.2) is 60.9 Å². The lowest BCUT2D eigenvalue weighted by Gasteiger charge is -2.22. The molecule has 0 spiro atoms. The largest absolute Gasteiger partial charge is 0.383 e. The first kappa shape index (κ1) is 27.1. The fourth-order valence-corrected chi connectivity index (χ4v) is 4.38. The van der Waals surface area contributed by atoms with Crippen LogP contribution >= 0.6 is 11.6 Å². The third-order valence-corrected chi connectivity index (χ3v) is 6.69. The number of benzene rings is 2. The molecule has 0 saturated carbocycles. The van der Waals surface area contributed by atoms with Gasteiger partial charge in [0.05, 0.1) is 24.2 Å². The van der Waals surface area contributed by atoms with Gasteiger partial charge in [0.25, 0.3) is 0 Å². The second-order valence-corrected chi connectivity index (χ2v) is 9.91. The van der Waals surface area contributed by atoms with Crippen molar-refractivity contribution < 1.29 is 4.74 Å². The molecule has 0 fully saturated rings. The van der Waals surface area contributed by atoms with Gasteiger partial charge in [-0.1, -0.05) is 23.7 Å². The molecule has 2 heterocycles. The summed E-state index contributed by atoms with van der Waals surface area (Å²) in [6, 6.07) is 16.2. The van der Waals surface area contributed by atoms with E-state index in [4.69, 9.17) is 16.3 Å². The molecule has 2 aromatic carbocycles. The summed E-state index contributed by atoms with van der Waals surface area (Å²) in [6.07, 6.45) is 3.67. The van der Waals surface area contributed by atoms with Gasteiger partial charge in [0.15, 0.2) is 0 Å². The molecule has 0 saturated heterocycles. The highest BCUT2D eigenvalue weighted by molar-refractivity contribution is 6.31. The van der Waals surface area contributed by atoms with Crippen LogP contribution in [0.1, 0.15) is 5.56 Å². The molecule has 0 aliphatic rings. The summed E-state index contributed by atoms with van der Waals surface area (Å²) in [5, 5.41) is 9.96. The van der Waals surface area contributed by atoms with Crippen molar-refractivity contribution in [1.82, 2.24) is 19.8 Å². The summed E-state index contributed by atoms with van der Waals surface area (Å²) in [6.45, 7) is 8.98. The average Bonchev–Trinajstić information content (AvgIpc) is 2.89. The highest BCUT2D eigenvalue weighted by atomic mass is 35.5. The molecule has 0 aliphatic carbocycles. The number of anilines is 2. The van der Waals surface area contributed by atoms with Crippen molar-refractivity contribution in [2.45, 2.75) is 6.92 Å². The Kier molecular flexibility index (Phi) is 9.91. The van der Waals surface area contributed by atoms with Crippen molar-refractivity contribution in [2.75, 3.05) is 77.2 Å². The van der Waals surface area contributed by atoms with Gasteiger partial charge in [-0.3, -0.25) is 9.97 Å². The number of aryl methyl sites for hydroxylation is 1. The number of pyridine rings is 2. The van der Waals surface area contributed by atoms with Crippen LogP contribution in [-0.4, -0.2) is 86.3 Å². The van der Waals surface area contributed by atoms with E-state index in [9.17, 15) is 0 Å². The zero-order chi connectivity index (χ0) is 26.0. The number of likely N-dealkylation sites (N-methyl/N-ethyl adjacent to an activating group) is 2. The molecule has 2 N–H and O–H groups in total.